The molecule has 1 aliphatic heterocycles. The third kappa shape index (κ3) is 6.15. The van der Waals surface area contributed by atoms with Crippen LogP contribution in [0.5, 0.6) is 0 Å². The number of hydrogen-bond donors (Lipinski definition) is 2. The predicted octanol–water partition coefficient (Wildman–Crippen LogP) is 3.52. The van der Waals surface area contributed by atoms with Crippen molar-refractivity contribution in [2.45, 2.75) is 71.8 Å². The Kier molecular flexibility index (Phi) is 7.49. The van der Waals surface area contributed by atoms with Crippen molar-refractivity contribution in [2.75, 3.05) is 13.1 Å². The Labute approximate surface area is 136 Å². The molecule has 0 bridgehead atoms. The molecule has 1 saturated carbocycles. The molecule has 0 aromatic rings. The number of hydrogen-bond acceptors (Lipinski definition) is 2. The standard InChI is InChI=1S/C17H32N2O.ClH/c1-13-12-17(2,3)9-6-15(13)19-16(20)5-4-14-7-10-18-11-8-14;/h13-15,18H,4-12H2,1-3H3,(H,19,20);1H. The molecule has 1 aliphatic carbocycles. The monoisotopic (exact) mass is 316 g/mol. The Morgan fingerprint density at radius 2 is 1.90 bits per heavy atom. The van der Waals surface area contributed by atoms with Gasteiger partial charge in [0.2, 0.25) is 5.91 Å². The van der Waals surface area contributed by atoms with E-state index in [0.29, 0.717) is 17.4 Å². The Morgan fingerprint density at radius 3 is 2.52 bits per heavy atom. The molecular weight excluding hydrogens is 284 g/mol. The molecule has 0 radical (unpaired) electrons. The lowest BCUT2D eigenvalue weighted by molar-refractivity contribution is -0.123. The van der Waals surface area contributed by atoms with Crippen LogP contribution >= 0.6 is 12.4 Å². The molecule has 2 fully saturated rings. The molecule has 4 heteroatoms. The van der Waals surface area contributed by atoms with Crippen LogP contribution in [-0.2, 0) is 4.79 Å². The van der Waals surface area contributed by atoms with Crippen LogP contribution in [-0.4, -0.2) is 25.0 Å². The average molecular weight is 317 g/mol. The third-order valence-corrected chi connectivity index (χ3v) is 5.28. The molecule has 2 atom stereocenters. The maximum atomic E-state index is 12.1. The number of carbonyl (C=O) groups is 1. The smallest absolute Gasteiger partial charge is 0.220 e. The van der Waals surface area contributed by atoms with Crippen molar-refractivity contribution in [3.8, 4) is 0 Å². The van der Waals surface area contributed by atoms with Gasteiger partial charge in [0.15, 0.2) is 0 Å². The molecule has 124 valence electrons. The predicted molar refractivity (Wildman–Crippen MR) is 90.8 cm³/mol. The van der Waals surface area contributed by atoms with Gasteiger partial charge in [-0.3, -0.25) is 4.79 Å². The van der Waals surface area contributed by atoms with Gasteiger partial charge in [0.05, 0.1) is 0 Å². The van der Waals surface area contributed by atoms with Gasteiger partial charge in [0.25, 0.3) is 0 Å². The van der Waals surface area contributed by atoms with Crippen molar-refractivity contribution in [3.05, 3.63) is 0 Å². The summed E-state index contributed by atoms with van der Waals surface area (Å²) in [5.74, 6) is 1.64. The maximum absolute atomic E-state index is 12.1. The largest absolute Gasteiger partial charge is 0.353 e. The highest BCUT2D eigenvalue weighted by atomic mass is 35.5. The molecule has 1 heterocycles. The van der Waals surface area contributed by atoms with E-state index in [0.717, 1.165) is 38.3 Å². The van der Waals surface area contributed by atoms with Crippen molar-refractivity contribution in [1.82, 2.24) is 10.6 Å². The fourth-order valence-electron chi connectivity index (χ4n) is 3.95. The second-order valence-electron chi connectivity index (χ2n) is 7.79. The van der Waals surface area contributed by atoms with Crippen molar-refractivity contribution in [3.63, 3.8) is 0 Å². The molecule has 2 aliphatic rings. The Morgan fingerprint density at radius 1 is 1.24 bits per heavy atom. The minimum Gasteiger partial charge on any atom is -0.353 e. The van der Waals surface area contributed by atoms with Gasteiger partial charge in [-0.05, 0) is 68.9 Å². The first-order valence-electron chi connectivity index (χ1n) is 8.46. The van der Waals surface area contributed by atoms with E-state index in [4.69, 9.17) is 0 Å². The second-order valence-corrected chi connectivity index (χ2v) is 7.79. The molecule has 1 amide bonds. The van der Waals surface area contributed by atoms with E-state index in [-0.39, 0.29) is 18.3 Å². The van der Waals surface area contributed by atoms with E-state index >= 15 is 0 Å². The lowest BCUT2D eigenvalue weighted by Crippen LogP contribution is -2.44. The number of amides is 1. The maximum Gasteiger partial charge on any atom is 0.220 e. The summed E-state index contributed by atoms with van der Waals surface area (Å²) in [5, 5.41) is 6.67. The number of carbonyl (C=O) groups excluding carboxylic acids is 1. The van der Waals surface area contributed by atoms with Crippen LogP contribution in [0.3, 0.4) is 0 Å². The SMILES string of the molecule is CC1CC(C)(C)CCC1NC(=O)CCC1CCNCC1.Cl. The Hall–Kier alpha value is -0.280. The van der Waals surface area contributed by atoms with Gasteiger partial charge in [-0.15, -0.1) is 12.4 Å². The average Bonchev–Trinajstić information content (AvgIpc) is 2.40. The minimum absolute atomic E-state index is 0. The fourth-order valence-corrected chi connectivity index (χ4v) is 3.95. The fraction of sp³-hybridized carbons (Fsp3) is 0.941. The zero-order valence-electron chi connectivity index (χ0n) is 13.9. The van der Waals surface area contributed by atoms with Crippen molar-refractivity contribution >= 4 is 18.3 Å². The van der Waals surface area contributed by atoms with Crippen molar-refractivity contribution < 1.29 is 4.79 Å². The normalized spacial score (nSPS) is 29.5. The van der Waals surface area contributed by atoms with Gasteiger partial charge >= 0.3 is 0 Å². The van der Waals surface area contributed by atoms with Crippen molar-refractivity contribution in [1.29, 1.82) is 0 Å². The Balaban J connectivity index is 0.00000220. The topological polar surface area (TPSA) is 41.1 Å². The van der Waals surface area contributed by atoms with Gasteiger partial charge in [-0.25, -0.2) is 0 Å². The van der Waals surface area contributed by atoms with E-state index < -0.39 is 0 Å². The summed E-state index contributed by atoms with van der Waals surface area (Å²) < 4.78 is 0. The van der Waals surface area contributed by atoms with Gasteiger partial charge < -0.3 is 10.6 Å². The zero-order chi connectivity index (χ0) is 14.6. The molecule has 0 aromatic heterocycles. The molecule has 0 spiro atoms. The summed E-state index contributed by atoms with van der Waals surface area (Å²) in [4.78, 5) is 12.1. The number of halogens is 1. The molecular formula is C17H33ClN2O. The highest BCUT2D eigenvalue weighted by Gasteiger charge is 2.32. The van der Waals surface area contributed by atoms with E-state index in [2.05, 4.69) is 31.4 Å². The molecule has 2 unspecified atom stereocenters. The minimum atomic E-state index is 0. The van der Waals surface area contributed by atoms with E-state index in [1.807, 2.05) is 0 Å². The van der Waals surface area contributed by atoms with Crippen LogP contribution in [0.15, 0.2) is 0 Å². The first-order valence-corrected chi connectivity index (χ1v) is 8.46. The van der Waals surface area contributed by atoms with Gasteiger partial charge in [0, 0.05) is 12.5 Å². The highest BCUT2D eigenvalue weighted by molar-refractivity contribution is 5.85. The molecule has 21 heavy (non-hydrogen) atoms. The van der Waals surface area contributed by atoms with Crippen LogP contribution in [0.2, 0.25) is 0 Å². The van der Waals surface area contributed by atoms with Crippen LogP contribution < -0.4 is 10.6 Å². The molecule has 2 rings (SSSR count). The van der Waals surface area contributed by atoms with Crippen LogP contribution in [0.4, 0.5) is 0 Å². The summed E-state index contributed by atoms with van der Waals surface area (Å²) in [7, 11) is 0. The quantitative estimate of drug-likeness (QED) is 0.833. The molecule has 2 N–H and O–H groups in total. The van der Waals surface area contributed by atoms with E-state index in [1.54, 1.807) is 0 Å². The summed E-state index contributed by atoms with van der Waals surface area (Å²) in [6.45, 7) is 9.23. The lowest BCUT2D eigenvalue weighted by Gasteiger charge is -2.39. The number of piperidine rings is 1. The second kappa shape index (κ2) is 8.38. The first-order chi connectivity index (χ1) is 9.46. The van der Waals surface area contributed by atoms with Crippen LogP contribution in [0.1, 0.15) is 65.7 Å². The van der Waals surface area contributed by atoms with Gasteiger partial charge in [-0.2, -0.15) is 0 Å². The molecule has 0 aromatic carbocycles. The van der Waals surface area contributed by atoms with Crippen LogP contribution in [0.25, 0.3) is 0 Å². The van der Waals surface area contributed by atoms with Gasteiger partial charge in [-0.1, -0.05) is 20.8 Å². The summed E-state index contributed by atoms with van der Waals surface area (Å²) >= 11 is 0. The van der Waals surface area contributed by atoms with Crippen LogP contribution in [0, 0.1) is 17.3 Å². The summed E-state index contributed by atoms with van der Waals surface area (Å²) in [6, 6.07) is 0.406. The summed E-state index contributed by atoms with van der Waals surface area (Å²) in [6.07, 6.45) is 7.87. The highest BCUT2D eigenvalue weighted by Crippen LogP contribution is 2.38. The van der Waals surface area contributed by atoms with Gasteiger partial charge in [0.1, 0.15) is 0 Å². The van der Waals surface area contributed by atoms with Crippen molar-refractivity contribution in [2.24, 2.45) is 17.3 Å². The molecule has 1 saturated heterocycles. The lowest BCUT2D eigenvalue weighted by atomic mass is 9.70. The zero-order valence-corrected chi connectivity index (χ0v) is 14.7. The third-order valence-electron chi connectivity index (χ3n) is 5.28. The summed E-state index contributed by atoms with van der Waals surface area (Å²) in [5.41, 5.74) is 0.454. The number of nitrogens with one attached hydrogen (secondary N) is 2. The van der Waals surface area contributed by atoms with E-state index in [9.17, 15) is 4.79 Å². The number of rotatable bonds is 4. The molecule has 3 nitrogen and oxygen atoms in total. The first kappa shape index (κ1) is 18.8. The Bertz CT molecular complexity index is 327. The van der Waals surface area contributed by atoms with E-state index in [1.165, 1.54) is 25.7 Å².